The molecular formula is C15H22N4. The van der Waals surface area contributed by atoms with Gasteiger partial charge in [0.25, 0.3) is 0 Å². The highest BCUT2D eigenvalue weighted by Gasteiger charge is 2.44. The van der Waals surface area contributed by atoms with Gasteiger partial charge >= 0.3 is 0 Å². The third-order valence-electron chi connectivity index (χ3n) is 4.97. The molecule has 0 aromatic carbocycles. The van der Waals surface area contributed by atoms with Crippen molar-refractivity contribution in [3.63, 3.8) is 0 Å². The van der Waals surface area contributed by atoms with Gasteiger partial charge in [-0.1, -0.05) is 6.92 Å². The first kappa shape index (κ1) is 11.6. The first-order chi connectivity index (χ1) is 9.33. The lowest BCUT2D eigenvalue weighted by molar-refractivity contribution is 0.306. The number of fused-ring (bicyclic) bond motifs is 1. The van der Waals surface area contributed by atoms with Crippen LogP contribution >= 0.6 is 0 Å². The van der Waals surface area contributed by atoms with Gasteiger partial charge in [-0.25, -0.2) is 9.97 Å². The molecule has 0 N–H and O–H groups in total. The molecule has 1 aromatic rings. The Morgan fingerprint density at radius 2 is 1.84 bits per heavy atom. The molecule has 0 bridgehead atoms. The summed E-state index contributed by atoms with van der Waals surface area (Å²) in [6.07, 6.45) is 5.59. The minimum Gasteiger partial charge on any atom is -0.356 e. The Kier molecular flexibility index (Phi) is 2.72. The van der Waals surface area contributed by atoms with Gasteiger partial charge < -0.3 is 4.90 Å². The topological polar surface area (TPSA) is 32.3 Å². The van der Waals surface area contributed by atoms with E-state index in [1.165, 1.54) is 39.0 Å². The van der Waals surface area contributed by atoms with E-state index in [1.54, 1.807) is 6.33 Å². The molecule has 0 radical (unpaired) electrons. The van der Waals surface area contributed by atoms with Crippen LogP contribution in [0, 0.1) is 11.8 Å². The van der Waals surface area contributed by atoms with E-state index in [2.05, 4.69) is 32.8 Å². The number of anilines is 1. The second-order valence-corrected chi connectivity index (χ2v) is 6.33. The van der Waals surface area contributed by atoms with Crippen molar-refractivity contribution in [3.05, 3.63) is 18.1 Å². The zero-order valence-electron chi connectivity index (χ0n) is 11.6. The van der Waals surface area contributed by atoms with Crippen LogP contribution in [-0.2, 0) is 6.42 Å². The highest BCUT2D eigenvalue weighted by atomic mass is 15.3. The summed E-state index contributed by atoms with van der Waals surface area (Å²) in [4.78, 5) is 14.0. The fourth-order valence-corrected chi connectivity index (χ4v) is 3.71. The first-order valence-electron chi connectivity index (χ1n) is 7.63. The van der Waals surface area contributed by atoms with Crippen LogP contribution in [0.3, 0.4) is 0 Å². The number of hydrogen-bond acceptors (Lipinski definition) is 4. The molecule has 1 aromatic heterocycles. The minimum atomic E-state index is 0.862. The van der Waals surface area contributed by atoms with Gasteiger partial charge in [0.1, 0.15) is 12.1 Å². The van der Waals surface area contributed by atoms with E-state index < -0.39 is 0 Å². The van der Waals surface area contributed by atoms with Crippen LogP contribution in [0.5, 0.6) is 0 Å². The van der Waals surface area contributed by atoms with E-state index in [9.17, 15) is 0 Å². The maximum absolute atomic E-state index is 4.46. The molecule has 4 rings (SSSR count). The van der Waals surface area contributed by atoms with Crippen molar-refractivity contribution in [2.24, 2.45) is 11.8 Å². The Morgan fingerprint density at radius 1 is 1.11 bits per heavy atom. The van der Waals surface area contributed by atoms with Crippen LogP contribution in [-0.4, -0.2) is 47.1 Å². The lowest BCUT2D eigenvalue weighted by Crippen LogP contribution is -2.30. The van der Waals surface area contributed by atoms with Gasteiger partial charge in [0.2, 0.25) is 0 Å². The number of aromatic nitrogens is 2. The molecule has 0 spiro atoms. The molecule has 2 saturated heterocycles. The van der Waals surface area contributed by atoms with Crippen LogP contribution in [0.25, 0.3) is 0 Å². The summed E-state index contributed by atoms with van der Waals surface area (Å²) in [5.74, 6) is 2.86. The Balaban J connectivity index is 1.45. The molecule has 2 unspecified atom stereocenters. The zero-order valence-corrected chi connectivity index (χ0v) is 11.6. The van der Waals surface area contributed by atoms with Crippen molar-refractivity contribution in [1.82, 2.24) is 14.9 Å². The summed E-state index contributed by atoms with van der Waals surface area (Å²) in [6, 6.07) is 3.10. The number of rotatable bonds is 3. The SMILES string of the molecule is CCc1cc(N2CC3CN(C4CC4)CC3C2)ncn1. The highest BCUT2D eigenvalue weighted by molar-refractivity contribution is 5.41. The molecule has 4 heteroatoms. The Hall–Kier alpha value is -1.16. The van der Waals surface area contributed by atoms with E-state index >= 15 is 0 Å². The third-order valence-corrected chi connectivity index (χ3v) is 4.97. The van der Waals surface area contributed by atoms with Gasteiger partial charge in [0, 0.05) is 44.0 Å². The van der Waals surface area contributed by atoms with Crippen molar-refractivity contribution in [1.29, 1.82) is 0 Å². The lowest BCUT2D eigenvalue weighted by Gasteiger charge is -2.22. The summed E-state index contributed by atoms with van der Waals surface area (Å²) in [5, 5.41) is 0. The second kappa shape index (κ2) is 4.44. The first-order valence-corrected chi connectivity index (χ1v) is 7.63. The van der Waals surface area contributed by atoms with Crippen LogP contribution in [0.15, 0.2) is 12.4 Å². The van der Waals surface area contributed by atoms with E-state index in [0.29, 0.717) is 0 Å². The van der Waals surface area contributed by atoms with Gasteiger partial charge in [0.05, 0.1) is 0 Å². The van der Waals surface area contributed by atoms with Crippen molar-refractivity contribution < 1.29 is 0 Å². The van der Waals surface area contributed by atoms with E-state index in [-0.39, 0.29) is 0 Å². The van der Waals surface area contributed by atoms with Crippen LogP contribution in [0.1, 0.15) is 25.5 Å². The average Bonchev–Trinajstić information content (AvgIpc) is 3.09. The Labute approximate surface area is 114 Å². The van der Waals surface area contributed by atoms with Crippen LogP contribution in [0.2, 0.25) is 0 Å². The van der Waals surface area contributed by atoms with E-state index in [4.69, 9.17) is 0 Å². The molecular weight excluding hydrogens is 236 g/mol. The van der Waals surface area contributed by atoms with Crippen molar-refractivity contribution >= 4 is 5.82 Å². The molecule has 1 aliphatic carbocycles. The molecule has 3 aliphatic rings. The average molecular weight is 258 g/mol. The van der Waals surface area contributed by atoms with E-state index in [1.807, 2.05) is 0 Å². The van der Waals surface area contributed by atoms with Gasteiger partial charge in [-0.05, 0) is 31.1 Å². The molecule has 102 valence electrons. The second-order valence-electron chi connectivity index (χ2n) is 6.33. The summed E-state index contributed by atoms with van der Waals surface area (Å²) in [7, 11) is 0. The van der Waals surface area contributed by atoms with E-state index in [0.717, 1.165) is 35.8 Å². The zero-order chi connectivity index (χ0) is 12.8. The largest absolute Gasteiger partial charge is 0.356 e. The predicted octanol–water partition coefficient (Wildman–Crippen LogP) is 1.57. The minimum absolute atomic E-state index is 0.862. The third kappa shape index (κ3) is 2.12. The fourth-order valence-electron chi connectivity index (χ4n) is 3.71. The molecule has 0 amide bonds. The molecule has 4 nitrogen and oxygen atoms in total. The quantitative estimate of drug-likeness (QED) is 0.824. The highest BCUT2D eigenvalue weighted by Crippen LogP contribution is 2.38. The molecule has 19 heavy (non-hydrogen) atoms. The van der Waals surface area contributed by atoms with Gasteiger partial charge in [0.15, 0.2) is 0 Å². The summed E-state index contributed by atoms with van der Waals surface area (Å²) in [6.45, 7) is 7.16. The van der Waals surface area contributed by atoms with Gasteiger partial charge in [-0.15, -0.1) is 0 Å². The molecule has 3 fully saturated rings. The maximum atomic E-state index is 4.46. The number of aryl methyl sites for hydroxylation is 1. The Morgan fingerprint density at radius 3 is 2.47 bits per heavy atom. The molecule has 1 saturated carbocycles. The van der Waals surface area contributed by atoms with Crippen LogP contribution in [0.4, 0.5) is 5.82 Å². The smallest absolute Gasteiger partial charge is 0.132 e. The van der Waals surface area contributed by atoms with Crippen molar-refractivity contribution in [2.45, 2.75) is 32.2 Å². The molecule has 3 heterocycles. The standard InChI is InChI=1S/C15H22N4/c1-2-13-5-15(17-10-16-13)19-8-11-6-18(14-3-4-14)7-12(11)9-19/h5,10-12,14H,2-4,6-9H2,1H3. The van der Waals surface area contributed by atoms with Crippen molar-refractivity contribution in [3.8, 4) is 0 Å². The fraction of sp³-hybridized carbons (Fsp3) is 0.733. The lowest BCUT2D eigenvalue weighted by atomic mass is 10.0. The van der Waals surface area contributed by atoms with Gasteiger partial charge in [-0.2, -0.15) is 0 Å². The number of likely N-dealkylation sites (tertiary alicyclic amines) is 1. The molecule has 2 aliphatic heterocycles. The van der Waals surface area contributed by atoms with Crippen molar-refractivity contribution in [2.75, 3.05) is 31.1 Å². The normalized spacial score (nSPS) is 30.9. The predicted molar refractivity (Wildman–Crippen MR) is 75.2 cm³/mol. The monoisotopic (exact) mass is 258 g/mol. The molecule has 2 atom stereocenters. The summed E-state index contributed by atoms with van der Waals surface area (Å²) < 4.78 is 0. The number of hydrogen-bond donors (Lipinski definition) is 0. The summed E-state index contributed by atoms with van der Waals surface area (Å²) in [5.41, 5.74) is 1.15. The summed E-state index contributed by atoms with van der Waals surface area (Å²) >= 11 is 0. The maximum Gasteiger partial charge on any atom is 0.132 e. The van der Waals surface area contributed by atoms with Crippen LogP contribution < -0.4 is 4.90 Å². The Bertz CT molecular complexity index is 457. The number of nitrogens with zero attached hydrogens (tertiary/aromatic N) is 4. The van der Waals surface area contributed by atoms with Gasteiger partial charge in [-0.3, -0.25) is 4.90 Å².